The number of aliphatic hydroxyl groups is 2. The second-order valence-corrected chi connectivity index (χ2v) is 21.1. The summed E-state index contributed by atoms with van der Waals surface area (Å²) >= 11 is 0. The van der Waals surface area contributed by atoms with Gasteiger partial charge in [0.2, 0.25) is 5.91 Å². The largest absolute Gasteiger partial charge is 0.462 e. The molecule has 0 spiro atoms. The lowest BCUT2D eigenvalue weighted by Crippen LogP contribution is -2.46. The van der Waals surface area contributed by atoms with Gasteiger partial charge in [0.15, 0.2) is 0 Å². The van der Waals surface area contributed by atoms with Gasteiger partial charge in [-0.2, -0.15) is 0 Å². The molecule has 0 aliphatic rings. The summed E-state index contributed by atoms with van der Waals surface area (Å²) in [5, 5.41) is 23.9. The molecule has 3 atom stereocenters. The van der Waals surface area contributed by atoms with Gasteiger partial charge in [-0.05, 0) is 77.0 Å². The predicted octanol–water partition coefficient (Wildman–Crippen LogP) is 19.0. The van der Waals surface area contributed by atoms with Crippen LogP contribution in [-0.2, 0) is 14.3 Å². The lowest BCUT2D eigenvalue weighted by molar-refractivity contribution is -0.151. The number of rotatable bonds is 56. The van der Waals surface area contributed by atoms with Crippen molar-refractivity contribution in [2.45, 2.75) is 354 Å². The fraction of sp³-hybridized carbons (Fsp3) is 0.903. The van der Waals surface area contributed by atoms with E-state index in [4.69, 9.17) is 4.74 Å². The molecule has 3 N–H and O–H groups in total. The lowest BCUT2D eigenvalue weighted by Gasteiger charge is -2.24. The second-order valence-electron chi connectivity index (χ2n) is 21.1. The summed E-state index contributed by atoms with van der Waals surface area (Å²) in [4.78, 5) is 26.3. The van der Waals surface area contributed by atoms with E-state index in [-0.39, 0.29) is 24.9 Å². The average molecular weight is 959 g/mol. The molecule has 0 rings (SSSR count). The summed E-state index contributed by atoms with van der Waals surface area (Å²) < 4.78 is 5.97. The molecule has 0 aromatic carbocycles. The maximum Gasteiger partial charge on any atom is 0.306 e. The SMILES string of the molecule is CCCCCC/C=C\CCCCCCCC(CC(=O)NC(CO)C(O)CCCCCCCCCCCCCCCCCCC)OC(=O)CCCCCCCCCCC/C=C/CCCCCCCC. The van der Waals surface area contributed by atoms with Crippen LogP contribution in [0.4, 0.5) is 0 Å². The number of nitrogens with one attached hydrogen (secondary N) is 1. The van der Waals surface area contributed by atoms with Gasteiger partial charge in [-0.1, -0.05) is 270 Å². The number of unbranched alkanes of at least 4 members (excludes halogenated alkanes) is 40. The van der Waals surface area contributed by atoms with Crippen molar-refractivity contribution in [1.29, 1.82) is 0 Å². The maximum absolute atomic E-state index is 13.3. The van der Waals surface area contributed by atoms with E-state index in [1.54, 1.807) is 0 Å². The molecule has 0 aliphatic carbocycles. The van der Waals surface area contributed by atoms with Crippen LogP contribution in [0.5, 0.6) is 0 Å². The minimum atomic E-state index is -0.788. The third kappa shape index (κ3) is 50.7. The van der Waals surface area contributed by atoms with Crippen molar-refractivity contribution in [2.75, 3.05) is 6.61 Å². The zero-order valence-corrected chi connectivity index (χ0v) is 46.0. The van der Waals surface area contributed by atoms with Crippen LogP contribution in [0.3, 0.4) is 0 Å². The van der Waals surface area contributed by atoms with E-state index in [1.807, 2.05) is 0 Å². The van der Waals surface area contributed by atoms with E-state index in [1.165, 1.54) is 231 Å². The zero-order chi connectivity index (χ0) is 49.5. The van der Waals surface area contributed by atoms with Crippen molar-refractivity contribution in [3.8, 4) is 0 Å². The molecule has 0 aromatic rings. The summed E-state index contributed by atoms with van der Waals surface area (Å²) in [6.45, 7) is 6.51. The van der Waals surface area contributed by atoms with Crippen LogP contribution in [0, 0.1) is 0 Å². The molecular weight excluding hydrogens is 839 g/mol. The van der Waals surface area contributed by atoms with Crippen LogP contribution in [0.1, 0.15) is 335 Å². The quantitative estimate of drug-likeness (QED) is 0.0321. The first-order valence-electron chi connectivity index (χ1n) is 30.6. The highest BCUT2D eigenvalue weighted by atomic mass is 16.5. The Morgan fingerprint density at radius 1 is 0.412 bits per heavy atom. The van der Waals surface area contributed by atoms with Crippen molar-refractivity contribution < 1.29 is 24.5 Å². The number of ether oxygens (including phenoxy) is 1. The Balaban J connectivity index is 4.46. The number of aliphatic hydroxyl groups excluding tert-OH is 2. The second kappa shape index (κ2) is 56.3. The van der Waals surface area contributed by atoms with E-state index in [2.05, 4.69) is 50.4 Å². The number of carbonyl (C=O) groups excluding carboxylic acids is 2. The van der Waals surface area contributed by atoms with Gasteiger partial charge in [0.25, 0.3) is 0 Å². The van der Waals surface area contributed by atoms with Gasteiger partial charge in [0, 0.05) is 6.42 Å². The third-order valence-corrected chi connectivity index (χ3v) is 14.3. The fourth-order valence-corrected chi connectivity index (χ4v) is 9.60. The average Bonchev–Trinajstić information content (AvgIpc) is 3.33. The molecule has 0 aromatic heterocycles. The molecule has 0 saturated carbocycles. The molecule has 402 valence electrons. The number of amides is 1. The van der Waals surface area contributed by atoms with Crippen LogP contribution < -0.4 is 5.32 Å². The van der Waals surface area contributed by atoms with Crippen molar-refractivity contribution in [2.24, 2.45) is 0 Å². The van der Waals surface area contributed by atoms with Crippen molar-refractivity contribution in [1.82, 2.24) is 5.32 Å². The molecule has 3 unspecified atom stereocenters. The number of carbonyl (C=O) groups is 2. The van der Waals surface area contributed by atoms with Crippen LogP contribution in [0.2, 0.25) is 0 Å². The maximum atomic E-state index is 13.3. The molecule has 0 saturated heterocycles. The first-order chi connectivity index (χ1) is 33.5. The molecule has 68 heavy (non-hydrogen) atoms. The van der Waals surface area contributed by atoms with Gasteiger partial charge in [-0.3, -0.25) is 9.59 Å². The monoisotopic (exact) mass is 958 g/mol. The highest BCUT2D eigenvalue weighted by Crippen LogP contribution is 2.19. The Labute approximate surface area is 424 Å². The lowest BCUT2D eigenvalue weighted by atomic mass is 10.0. The van der Waals surface area contributed by atoms with Gasteiger partial charge in [-0.15, -0.1) is 0 Å². The fourth-order valence-electron chi connectivity index (χ4n) is 9.60. The highest BCUT2D eigenvalue weighted by Gasteiger charge is 2.24. The van der Waals surface area contributed by atoms with E-state index < -0.39 is 18.2 Å². The number of hydrogen-bond acceptors (Lipinski definition) is 5. The first-order valence-corrected chi connectivity index (χ1v) is 30.6. The van der Waals surface area contributed by atoms with E-state index in [0.717, 1.165) is 57.8 Å². The smallest absolute Gasteiger partial charge is 0.306 e. The van der Waals surface area contributed by atoms with E-state index in [9.17, 15) is 19.8 Å². The van der Waals surface area contributed by atoms with Crippen LogP contribution >= 0.6 is 0 Å². The van der Waals surface area contributed by atoms with Crippen molar-refractivity contribution in [3.05, 3.63) is 24.3 Å². The summed E-state index contributed by atoms with van der Waals surface area (Å²) in [5.41, 5.74) is 0. The summed E-state index contributed by atoms with van der Waals surface area (Å²) in [7, 11) is 0. The number of allylic oxidation sites excluding steroid dienone is 4. The minimum Gasteiger partial charge on any atom is -0.462 e. The normalized spacial score (nSPS) is 13.2. The summed E-state index contributed by atoms with van der Waals surface area (Å²) in [5.74, 6) is -0.465. The Bertz CT molecular complexity index is 1080. The number of esters is 1. The molecule has 0 heterocycles. The summed E-state index contributed by atoms with van der Waals surface area (Å²) in [6.07, 6.45) is 66.8. The molecule has 0 radical (unpaired) electrons. The van der Waals surface area contributed by atoms with Crippen molar-refractivity contribution >= 4 is 11.9 Å². The van der Waals surface area contributed by atoms with Crippen LogP contribution in [0.15, 0.2) is 24.3 Å². The highest BCUT2D eigenvalue weighted by molar-refractivity contribution is 5.77. The molecule has 0 fully saturated rings. The standard InChI is InChI=1S/C62H119NO5/c1-4-7-10-13-16-19-22-25-27-29-30-32-34-37-40-43-46-49-52-55-62(67)68-58(53-50-47-44-41-38-35-24-21-18-15-12-9-6-3)56-61(66)63-59(57-64)60(65)54-51-48-45-42-39-36-33-31-28-26-23-20-17-14-11-8-5-2/h21,24-25,27,58-60,64-65H,4-20,22-23,26,28-57H2,1-3H3,(H,63,66)/b24-21-,27-25+. The van der Waals surface area contributed by atoms with Crippen LogP contribution in [-0.4, -0.2) is 46.9 Å². The topological polar surface area (TPSA) is 95.9 Å². The molecule has 0 bridgehead atoms. The molecule has 6 nitrogen and oxygen atoms in total. The molecular formula is C62H119NO5. The predicted molar refractivity (Wildman–Crippen MR) is 296 cm³/mol. The molecule has 0 aliphatic heterocycles. The summed E-state index contributed by atoms with van der Waals surface area (Å²) in [6, 6.07) is -0.702. The first kappa shape index (κ1) is 66.3. The minimum absolute atomic E-state index is 0.0760. The Morgan fingerprint density at radius 2 is 0.706 bits per heavy atom. The zero-order valence-electron chi connectivity index (χ0n) is 46.0. The van der Waals surface area contributed by atoms with Gasteiger partial charge >= 0.3 is 5.97 Å². The van der Waals surface area contributed by atoms with Gasteiger partial charge in [-0.25, -0.2) is 0 Å². The molecule has 6 heteroatoms. The Hall–Kier alpha value is -1.66. The van der Waals surface area contributed by atoms with Gasteiger partial charge in [0.05, 0.1) is 25.2 Å². The van der Waals surface area contributed by atoms with Crippen molar-refractivity contribution in [3.63, 3.8) is 0 Å². The van der Waals surface area contributed by atoms with E-state index >= 15 is 0 Å². The van der Waals surface area contributed by atoms with E-state index in [0.29, 0.717) is 19.3 Å². The number of hydrogen-bond donors (Lipinski definition) is 3. The Kier molecular flexibility index (Phi) is 54.9. The molecule has 1 amide bonds. The van der Waals surface area contributed by atoms with Crippen LogP contribution in [0.25, 0.3) is 0 Å². The van der Waals surface area contributed by atoms with Gasteiger partial charge < -0.3 is 20.3 Å². The third-order valence-electron chi connectivity index (χ3n) is 14.3. The van der Waals surface area contributed by atoms with Gasteiger partial charge in [0.1, 0.15) is 6.10 Å². The Morgan fingerprint density at radius 3 is 1.06 bits per heavy atom.